The van der Waals surface area contributed by atoms with Crippen molar-refractivity contribution in [1.29, 1.82) is 0 Å². The Labute approximate surface area is 372 Å². The summed E-state index contributed by atoms with van der Waals surface area (Å²) in [6.45, 7) is 3.28. The summed E-state index contributed by atoms with van der Waals surface area (Å²) in [5.74, 6) is -0.461. The Kier molecular flexibility index (Phi) is 56.6. The third-order valence-electron chi connectivity index (χ3n) is 9.54. The van der Waals surface area contributed by atoms with Crippen LogP contribution in [0.25, 0.3) is 0 Å². The van der Waals surface area contributed by atoms with E-state index < -0.39 is 0 Å². The van der Waals surface area contributed by atoms with E-state index >= 15 is 0 Å². The van der Waals surface area contributed by atoms with Crippen molar-refractivity contribution in [3.8, 4) is 0 Å². The minimum absolute atomic E-state index is 0. The molecule has 0 saturated heterocycles. The van der Waals surface area contributed by atoms with Gasteiger partial charge in [0, 0.05) is 54.1 Å². The summed E-state index contributed by atoms with van der Waals surface area (Å²) >= 11 is 0. The number of ether oxygens (including phenoxy) is 8. The summed E-state index contributed by atoms with van der Waals surface area (Å²) in [7, 11) is 6.39. The Balaban J connectivity index is -0.00000109. The Morgan fingerprint density at radius 2 is 0.459 bits per heavy atom. The molecule has 0 saturated carbocycles. The van der Waals surface area contributed by atoms with E-state index in [1.165, 1.54) is 77.0 Å². The second-order valence-electron chi connectivity index (χ2n) is 15.0. The predicted octanol–water partition coefficient (Wildman–Crippen LogP) is 11.4. The highest BCUT2D eigenvalue weighted by Gasteiger charge is 2.05. The highest BCUT2D eigenvalue weighted by molar-refractivity contribution is 5.70. The van der Waals surface area contributed by atoms with Crippen molar-refractivity contribution >= 4 is 23.9 Å². The molecule has 0 spiro atoms. The molecule has 0 aromatic heterocycles. The Morgan fingerprint density at radius 3 is 0.656 bits per heavy atom. The molecule has 0 fully saturated rings. The molecule has 61 heavy (non-hydrogen) atoms. The van der Waals surface area contributed by atoms with Gasteiger partial charge in [0.1, 0.15) is 26.4 Å². The molecule has 0 heterocycles. The van der Waals surface area contributed by atoms with Gasteiger partial charge in [0.2, 0.25) is 0 Å². The molecule has 0 aromatic carbocycles. The first kappa shape index (κ1) is 62.5. The Morgan fingerprint density at radius 1 is 0.279 bits per heavy atom. The summed E-state index contributed by atoms with van der Waals surface area (Å²) < 4.78 is 39.5. The molecule has 12 nitrogen and oxygen atoms in total. The van der Waals surface area contributed by atoms with E-state index in [0.29, 0.717) is 78.5 Å². The number of unbranched alkanes of at least 4 members (excludes halogenated alkanes) is 20. The monoisotopic (exact) mass is 873 g/mol. The second kappa shape index (κ2) is 55.2. The third-order valence-corrected chi connectivity index (χ3v) is 9.54. The van der Waals surface area contributed by atoms with Crippen LogP contribution in [-0.2, 0) is 57.1 Å². The van der Waals surface area contributed by atoms with Crippen LogP contribution in [0, 0.1) is 0 Å². The van der Waals surface area contributed by atoms with Crippen LogP contribution >= 0.6 is 0 Å². The summed E-state index contributed by atoms with van der Waals surface area (Å²) in [5, 5.41) is 0. The first-order chi connectivity index (χ1) is 29.4. The number of carbonyl (C=O) groups is 4. The third kappa shape index (κ3) is 57.2. The van der Waals surface area contributed by atoms with Crippen LogP contribution in [0.3, 0.4) is 0 Å². The van der Waals surface area contributed by atoms with Gasteiger partial charge in [-0.05, 0) is 77.0 Å². The van der Waals surface area contributed by atoms with Crippen LogP contribution in [0.2, 0.25) is 0 Å². The fourth-order valence-electron chi connectivity index (χ4n) is 5.96. The van der Waals surface area contributed by atoms with E-state index in [1.54, 1.807) is 28.4 Å². The van der Waals surface area contributed by atoms with E-state index in [1.807, 2.05) is 0 Å². The molecule has 0 atom stereocenters. The van der Waals surface area contributed by atoms with E-state index in [4.69, 9.17) is 37.9 Å². The molecule has 0 bridgehead atoms. The maximum absolute atomic E-state index is 11.4. The Bertz CT molecular complexity index is 846. The fraction of sp³-hybridized carbons (Fsp3) is 0.837. The number of hydrogen-bond donors (Lipinski definition) is 0. The molecule has 0 N–H and O–H groups in total. The average Bonchev–Trinajstić information content (AvgIpc) is 3.24. The van der Waals surface area contributed by atoms with Crippen molar-refractivity contribution in [3.05, 3.63) is 24.3 Å². The van der Waals surface area contributed by atoms with Gasteiger partial charge in [-0.2, -0.15) is 0 Å². The quantitative estimate of drug-likeness (QED) is 0.0249. The van der Waals surface area contributed by atoms with Crippen molar-refractivity contribution < 1.29 is 57.1 Å². The lowest BCUT2D eigenvalue weighted by Crippen LogP contribution is -2.09. The van der Waals surface area contributed by atoms with Crippen LogP contribution in [0.1, 0.15) is 187 Å². The molecule has 0 unspecified atom stereocenters. The van der Waals surface area contributed by atoms with E-state index in [2.05, 4.69) is 24.3 Å². The largest absolute Gasteiger partial charge is 0.463 e. The van der Waals surface area contributed by atoms with Crippen LogP contribution < -0.4 is 0 Å². The van der Waals surface area contributed by atoms with Gasteiger partial charge in [-0.25, -0.2) is 0 Å². The van der Waals surface area contributed by atoms with Crippen LogP contribution in [0.5, 0.6) is 0 Å². The van der Waals surface area contributed by atoms with E-state index in [-0.39, 0.29) is 31.3 Å². The molecular weight excluding hydrogens is 781 g/mol. The normalized spacial score (nSPS) is 11.0. The first-order valence-corrected chi connectivity index (χ1v) is 23.3. The van der Waals surface area contributed by atoms with Crippen molar-refractivity contribution in [2.24, 2.45) is 0 Å². The number of methoxy groups -OCH3 is 4. The van der Waals surface area contributed by atoms with Gasteiger partial charge < -0.3 is 37.9 Å². The number of allylic oxidation sites excluding steroid dienone is 4. The van der Waals surface area contributed by atoms with Crippen molar-refractivity contribution in [3.63, 3.8) is 0 Å². The first-order valence-electron chi connectivity index (χ1n) is 23.3. The zero-order valence-corrected chi connectivity index (χ0v) is 38.7. The Hall–Kier alpha value is -2.80. The van der Waals surface area contributed by atoms with Crippen LogP contribution in [0.15, 0.2) is 24.3 Å². The minimum atomic E-state index is -0.115. The molecule has 12 heteroatoms. The highest BCUT2D eigenvalue weighted by atomic mass is 16.6. The molecule has 360 valence electrons. The highest BCUT2D eigenvalue weighted by Crippen LogP contribution is 2.12. The minimum Gasteiger partial charge on any atom is -0.463 e. The van der Waals surface area contributed by atoms with Crippen LogP contribution in [-0.4, -0.2) is 105 Å². The number of carbonyl (C=O) groups excluding carboxylic acids is 4. The summed E-state index contributed by atoms with van der Waals surface area (Å²) in [6, 6.07) is 0. The standard InChI is InChI=1S/2C24H44O6.CH4/c2*1-27-19-21-29-23(25)17-15-13-11-9-7-5-3-4-6-8-10-12-14-16-18-24(26)30-22-20-28-2;/h2*3-4H,5-22H2,1-2H3;1H4/b2*4-3+;. The summed E-state index contributed by atoms with van der Waals surface area (Å²) in [5.41, 5.74) is 0. The van der Waals surface area contributed by atoms with Crippen LogP contribution in [0.4, 0.5) is 0 Å². The lowest BCUT2D eigenvalue weighted by Gasteiger charge is -2.04. The molecule has 0 radical (unpaired) electrons. The summed E-state index contributed by atoms with van der Waals surface area (Å²) in [6.07, 6.45) is 38.3. The smallest absolute Gasteiger partial charge is 0.305 e. The summed E-state index contributed by atoms with van der Waals surface area (Å²) in [4.78, 5) is 45.7. The number of hydrogen-bond acceptors (Lipinski definition) is 12. The number of rotatable bonds is 44. The van der Waals surface area contributed by atoms with Crippen molar-refractivity contribution in [2.75, 3.05) is 81.3 Å². The molecule has 0 aliphatic rings. The van der Waals surface area contributed by atoms with Gasteiger partial charge in [-0.3, -0.25) is 19.2 Å². The molecule has 0 aliphatic carbocycles. The van der Waals surface area contributed by atoms with Gasteiger partial charge >= 0.3 is 23.9 Å². The van der Waals surface area contributed by atoms with Gasteiger partial charge in [-0.1, -0.05) is 109 Å². The van der Waals surface area contributed by atoms with Gasteiger partial charge in [-0.15, -0.1) is 0 Å². The zero-order valence-electron chi connectivity index (χ0n) is 38.7. The van der Waals surface area contributed by atoms with E-state index in [9.17, 15) is 19.2 Å². The van der Waals surface area contributed by atoms with Gasteiger partial charge in [0.15, 0.2) is 0 Å². The molecule has 0 amide bonds. The zero-order chi connectivity index (χ0) is 44.3. The number of esters is 4. The lowest BCUT2D eigenvalue weighted by molar-refractivity contribution is -0.145. The molecule has 0 aromatic rings. The lowest BCUT2D eigenvalue weighted by atomic mass is 10.1. The van der Waals surface area contributed by atoms with E-state index in [0.717, 1.165) is 77.0 Å². The second-order valence-corrected chi connectivity index (χ2v) is 15.0. The maximum atomic E-state index is 11.4. The van der Waals surface area contributed by atoms with Gasteiger partial charge in [0.25, 0.3) is 0 Å². The van der Waals surface area contributed by atoms with Gasteiger partial charge in [0.05, 0.1) is 26.4 Å². The maximum Gasteiger partial charge on any atom is 0.305 e. The molecule has 0 aliphatic heterocycles. The van der Waals surface area contributed by atoms with Crippen molar-refractivity contribution in [2.45, 2.75) is 187 Å². The fourth-order valence-corrected chi connectivity index (χ4v) is 5.96. The van der Waals surface area contributed by atoms with Crippen molar-refractivity contribution in [1.82, 2.24) is 0 Å². The molecular formula is C49H92O12. The topological polar surface area (TPSA) is 142 Å². The average molecular weight is 873 g/mol. The molecule has 0 rings (SSSR count). The SMILES string of the molecule is C.COCCOC(=O)CCCCCCC/C=C/CCCCCCCC(=O)OCCOC.COCCOC(=O)CCCCCCC/C=C/CCCCCCCC(=O)OCCOC. The predicted molar refractivity (Wildman–Crippen MR) is 246 cm³/mol.